The zero-order valence-corrected chi connectivity index (χ0v) is 19.5. The predicted octanol–water partition coefficient (Wildman–Crippen LogP) is 6.11. The number of nitrogen functional groups attached to an aromatic ring is 1. The van der Waals surface area contributed by atoms with Gasteiger partial charge in [0.25, 0.3) is 0 Å². The zero-order chi connectivity index (χ0) is 24.3. The Morgan fingerprint density at radius 3 is 2.50 bits per heavy atom. The number of imidazole rings is 1. The summed E-state index contributed by atoms with van der Waals surface area (Å²) in [4.78, 5) is 17.8. The average molecular weight is 479 g/mol. The third-order valence-electron chi connectivity index (χ3n) is 6.34. The van der Waals surface area contributed by atoms with Crippen LogP contribution in [0.15, 0.2) is 48.7 Å². The number of halogens is 3. The Morgan fingerprint density at radius 1 is 1.12 bits per heavy atom. The van der Waals surface area contributed by atoms with Crippen molar-refractivity contribution in [1.82, 2.24) is 14.0 Å². The summed E-state index contributed by atoms with van der Waals surface area (Å²) in [7, 11) is 1.95. The molecule has 0 unspecified atom stereocenters. The summed E-state index contributed by atoms with van der Waals surface area (Å²) in [5, 5.41) is 0.544. The maximum absolute atomic E-state index is 14.0. The maximum Gasteiger partial charge on any atom is 0.209 e. The molecule has 0 aliphatic rings. The standard InChI is InChI=1S/C26H21ClF2N4O/c1-4-14-12-21-25(31-13(2)32(21)3)23(27)22(14)16-6-5-9-33-19(16)7-8-20(33)26(34)15-10-17(28)24(30)18(29)11-15/h5-12H,4,30H2,1-3H3. The molecule has 0 aliphatic carbocycles. The number of hydrogen-bond donors (Lipinski definition) is 1. The summed E-state index contributed by atoms with van der Waals surface area (Å²) in [6.07, 6.45) is 2.48. The number of anilines is 1. The Morgan fingerprint density at radius 2 is 1.82 bits per heavy atom. The lowest BCUT2D eigenvalue weighted by Gasteiger charge is -2.14. The number of aromatic nitrogens is 3. The quantitative estimate of drug-likeness (QED) is 0.250. The van der Waals surface area contributed by atoms with Crippen LogP contribution in [0.1, 0.15) is 34.4 Å². The molecule has 3 aromatic heterocycles. The molecule has 0 radical (unpaired) electrons. The molecule has 0 aliphatic heterocycles. The lowest BCUT2D eigenvalue weighted by molar-refractivity contribution is 0.103. The number of nitrogens with zero attached hydrogens (tertiary/aromatic N) is 3. The van der Waals surface area contributed by atoms with Crippen LogP contribution < -0.4 is 5.73 Å². The molecule has 3 heterocycles. The van der Waals surface area contributed by atoms with Gasteiger partial charge in [0.05, 0.1) is 21.7 Å². The summed E-state index contributed by atoms with van der Waals surface area (Å²) in [6, 6.07) is 11.2. The van der Waals surface area contributed by atoms with E-state index in [1.54, 1.807) is 22.7 Å². The molecular formula is C26H21ClF2N4O. The van der Waals surface area contributed by atoms with Crippen LogP contribution in [0.5, 0.6) is 0 Å². The number of nitrogens with two attached hydrogens (primary N) is 1. The normalized spacial score (nSPS) is 11.6. The minimum atomic E-state index is -0.969. The minimum absolute atomic E-state index is 0.118. The summed E-state index contributed by atoms with van der Waals surface area (Å²) < 4.78 is 31.7. The van der Waals surface area contributed by atoms with Crippen molar-refractivity contribution in [2.24, 2.45) is 7.05 Å². The summed E-state index contributed by atoms with van der Waals surface area (Å²) >= 11 is 6.91. The van der Waals surface area contributed by atoms with Crippen LogP contribution in [0, 0.1) is 18.6 Å². The molecule has 0 saturated heterocycles. The van der Waals surface area contributed by atoms with Gasteiger partial charge in [-0.1, -0.05) is 24.6 Å². The van der Waals surface area contributed by atoms with Crippen LogP contribution in [-0.2, 0) is 13.5 Å². The molecule has 2 aromatic carbocycles. The Bertz CT molecular complexity index is 1610. The van der Waals surface area contributed by atoms with Gasteiger partial charge in [0.15, 0.2) is 0 Å². The van der Waals surface area contributed by atoms with E-state index in [0.29, 0.717) is 10.5 Å². The summed E-state index contributed by atoms with van der Waals surface area (Å²) in [5.74, 6) is -1.60. The molecule has 2 N–H and O–H groups in total. The third kappa shape index (κ3) is 3.19. The van der Waals surface area contributed by atoms with Gasteiger partial charge in [0, 0.05) is 29.9 Å². The first-order valence-electron chi connectivity index (χ1n) is 10.8. The molecule has 5 aromatic rings. The molecule has 0 amide bonds. The van der Waals surface area contributed by atoms with E-state index in [4.69, 9.17) is 17.3 Å². The number of carbonyl (C=O) groups is 1. The van der Waals surface area contributed by atoms with Crippen LogP contribution in [0.2, 0.25) is 5.02 Å². The molecule has 172 valence electrons. The lowest BCUT2D eigenvalue weighted by Crippen LogP contribution is -2.08. The van der Waals surface area contributed by atoms with Crippen LogP contribution >= 0.6 is 11.6 Å². The van der Waals surface area contributed by atoms with Crippen LogP contribution in [0.3, 0.4) is 0 Å². The fourth-order valence-corrected chi connectivity index (χ4v) is 4.78. The SMILES string of the molecule is CCc1cc2c(nc(C)n2C)c(Cl)c1-c1cccn2c(C(=O)c3cc(F)c(N)c(F)c3)ccc12. The first-order chi connectivity index (χ1) is 16.2. The van der Waals surface area contributed by atoms with E-state index in [-0.39, 0.29) is 11.3 Å². The van der Waals surface area contributed by atoms with Gasteiger partial charge in [0.1, 0.15) is 28.7 Å². The highest BCUT2D eigenvalue weighted by molar-refractivity contribution is 6.38. The highest BCUT2D eigenvalue weighted by Gasteiger charge is 2.22. The first-order valence-corrected chi connectivity index (χ1v) is 11.1. The monoisotopic (exact) mass is 478 g/mol. The number of pyridine rings is 1. The predicted molar refractivity (Wildman–Crippen MR) is 130 cm³/mol. The smallest absolute Gasteiger partial charge is 0.209 e. The van der Waals surface area contributed by atoms with E-state index < -0.39 is 23.1 Å². The zero-order valence-electron chi connectivity index (χ0n) is 18.8. The van der Waals surface area contributed by atoms with Gasteiger partial charge in [0.2, 0.25) is 5.78 Å². The molecule has 0 atom stereocenters. The molecule has 5 nitrogen and oxygen atoms in total. The van der Waals surface area contributed by atoms with Gasteiger partial charge in [-0.05, 0) is 55.3 Å². The number of rotatable bonds is 4. The topological polar surface area (TPSA) is 65.3 Å². The van der Waals surface area contributed by atoms with E-state index in [2.05, 4.69) is 18.0 Å². The van der Waals surface area contributed by atoms with E-state index in [1.165, 1.54) is 0 Å². The lowest BCUT2D eigenvalue weighted by atomic mass is 9.96. The highest BCUT2D eigenvalue weighted by Crippen LogP contribution is 2.40. The third-order valence-corrected chi connectivity index (χ3v) is 6.71. The summed E-state index contributed by atoms with van der Waals surface area (Å²) in [5.41, 5.74) is 10.0. The van der Waals surface area contributed by atoms with Gasteiger partial charge in [-0.15, -0.1) is 0 Å². The van der Waals surface area contributed by atoms with Crippen molar-refractivity contribution in [3.05, 3.63) is 88.0 Å². The second kappa shape index (κ2) is 7.95. The van der Waals surface area contributed by atoms with E-state index in [0.717, 1.165) is 52.1 Å². The van der Waals surface area contributed by atoms with Gasteiger partial charge in [-0.25, -0.2) is 13.8 Å². The number of benzene rings is 2. The van der Waals surface area contributed by atoms with E-state index in [1.807, 2.05) is 30.7 Å². The second-order valence-electron chi connectivity index (χ2n) is 8.24. The van der Waals surface area contributed by atoms with Crippen molar-refractivity contribution in [3.63, 3.8) is 0 Å². The van der Waals surface area contributed by atoms with Crippen LogP contribution in [0.4, 0.5) is 14.5 Å². The molecule has 0 saturated carbocycles. The Kier molecular flexibility index (Phi) is 5.17. The van der Waals surface area contributed by atoms with Crippen molar-refractivity contribution in [3.8, 4) is 11.1 Å². The number of aryl methyl sites for hydroxylation is 3. The molecule has 0 fully saturated rings. The molecule has 0 spiro atoms. The first kappa shape index (κ1) is 22.1. The average Bonchev–Trinajstić information content (AvgIpc) is 3.38. The van der Waals surface area contributed by atoms with Crippen molar-refractivity contribution in [2.75, 3.05) is 5.73 Å². The van der Waals surface area contributed by atoms with Crippen LogP contribution in [0.25, 0.3) is 27.7 Å². The number of ketones is 1. The van der Waals surface area contributed by atoms with Crippen molar-refractivity contribution in [1.29, 1.82) is 0 Å². The fourth-order valence-electron chi connectivity index (χ4n) is 4.42. The Balaban J connectivity index is 1.72. The van der Waals surface area contributed by atoms with E-state index >= 15 is 0 Å². The molecule has 8 heteroatoms. The molecular weight excluding hydrogens is 458 g/mol. The summed E-state index contributed by atoms with van der Waals surface area (Å²) in [6.45, 7) is 3.98. The fraction of sp³-hybridized carbons (Fsp3) is 0.154. The molecule has 0 bridgehead atoms. The molecule has 34 heavy (non-hydrogen) atoms. The van der Waals surface area contributed by atoms with Crippen LogP contribution in [-0.4, -0.2) is 19.7 Å². The molecule has 5 rings (SSSR count). The number of carbonyl (C=O) groups excluding carboxylic acids is 1. The van der Waals surface area contributed by atoms with E-state index in [9.17, 15) is 13.6 Å². The number of fused-ring (bicyclic) bond motifs is 2. The second-order valence-corrected chi connectivity index (χ2v) is 8.62. The maximum atomic E-state index is 14.0. The minimum Gasteiger partial charge on any atom is -0.394 e. The Hall–Kier alpha value is -3.71. The highest BCUT2D eigenvalue weighted by atomic mass is 35.5. The van der Waals surface area contributed by atoms with Gasteiger partial charge in [-0.3, -0.25) is 4.79 Å². The van der Waals surface area contributed by atoms with Gasteiger partial charge >= 0.3 is 0 Å². The van der Waals surface area contributed by atoms with Gasteiger partial charge in [-0.2, -0.15) is 0 Å². The largest absolute Gasteiger partial charge is 0.394 e. The van der Waals surface area contributed by atoms with Crippen molar-refractivity contribution < 1.29 is 13.6 Å². The van der Waals surface area contributed by atoms with Gasteiger partial charge < -0.3 is 14.7 Å². The number of hydrogen-bond acceptors (Lipinski definition) is 3. The Labute approximate surface area is 199 Å². The van der Waals surface area contributed by atoms with Crippen molar-refractivity contribution in [2.45, 2.75) is 20.3 Å². The van der Waals surface area contributed by atoms with Crippen molar-refractivity contribution >= 4 is 39.6 Å².